The molecular formula is C26H32ClN5O7S. The molecule has 14 heteroatoms. The molecule has 0 aromatic heterocycles. The van der Waals surface area contributed by atoms with Gasteiger partial charge in [0.2, 0.25) is 10.4 Å². The molecule has 0 N–H and O–H groups in total. The molecule has 0 amide bonds. The molecular weight excluding hydrogens is 562 g/mol. The molecule has 216 valence electrons. The average molecular weight is 594 g/mol. The van der Waals surface area contributed by atoms with E-state index < -0.39 is 15.3 Å². The van der Waals surface area contributed by atoms with E-state index in [9.17, 15) is 23.1 Å². The van der Waals surface area contributed by atoms with Crippen LogP contribution in [0.15, 0.2) is 77.0 Å². The summed E-state index contributed by atoms with van der Waals surface area (Å²) in [5.74, 6) is 0.855. The highest BCUT2D eigenvalue weighted by Crippen LogP contribution is 2.31. The predicted octanol–water partition coefficient (Wildman–Crippen LogP) is 5.86. The topological polar surface area (TPSA) is 147 Å². The largest absolute Gasteiger partial charge is 0.726 e. The van der Waals surface area contributed by atoms with Crippen LogP contribution < -0.4 is 14.1 Å². The maximum absolute atomic E-state index is 10.8. The van der Waals surface area contributed by atoms with Crippen LogP contribution in [0.1, 0.15) is 6.92 Å². The lowest BCUT2D eigenvalue weighted by atomic mass is 10.2. The van der Waals surface area contributed by atoms with Crippen molar-refractivity contribution in [2.24, 2.45) is 10.2 Å². The van der Waals surface area contributed by atoms with Gasteiger partial charge in [0.25, 0.3) is 5.69 Å². The Balaban J connectivity index is 0.000000840. The minimum absolute atomic E-state index is 0.0851. The molecule has 3 aromatic carbocycles. The van der Waals surface area contributed by atoms with Crippen LogP contribution in [0.4, 0.5) is 28.4 Å². The van der Waals surface area contributed by atoms with Gasteiger partial charge in [-0.1, -0.05) is 11.6 Å². The number of hydrogen-bond donors (Lipinski definition) is 0. The Morgan fingerprint density at radius 3 is 2.08 bits per heavy atom. The molecule has 0 heterocycles. The van der Waals surface area contributed by atoms with Crippen LogP contribution in [0.25, 0.3) is 0 Å². The van der Waals surface area contributed by atoms with Crippen molar-refractivity contribution in [3.63, 3.8) is 0 Å². The number of nitro benzene ring substituents is 1. The number of non-ortho nitro benzene ring substituents is 1. The molecule has 0 bridgehead atoms. The first-order valence-electron chi connectivity index (χ1n) is 12.0. The molecule has 0 atom stereocenters. The van der Waals surface area contributed by atoms with Gasteiger partial charge in [0.15, 0.2) is 0 Å². The Kier molecular flexibility index (Phi) is 12.0. The molecule has 0 spiro atoms. The molecule has 0 aliphatic carbocycles. The first-order chi connectivity index (χ1) is 18.7. The zero-order chi connectivity index (χ0) is 29.9. The van der Waals surface area contributed by atoms with Crippen molar-refractivity contribution in [3.8, 4) is 5.75 Å². The molecule has 0 aliphatic heterocycles. The number of ether oxygens (including phenoxy) is 1. The van der Waals surface area contributed by atoms with Gasteiger partial charge >= 0.3 is 0 Å². The summed E-state index contributed by atoms with van der Waals surface area (Å²) in [6, 6.07) is 20.0. The fourth-order valence-electron chi connectivity index (χ4n) is 3.27. The Morgan fingerprint density at radius 2 is 1.60 bits per heavy atom. The number of likely N-dealkylation sites (N-methyl/N-ethyl adjacent to an activating group) is 1. The highest BCUT2D eigenvalue weighted by molar-refractivity contribution is 7.80. The smallest absolute Gasteiger partial charge is 0.271 e. The third kappa shape index (κ3) is 10.9. The van der Waals surface area contributed by atoms with Gasteiger partial charge in [-0.3, -0.25) is 18.8 Å². The Bertz CT molecular complexity index is 1390. The number of hydrogen-bond acceptors (Lipinski definition) is 10. The first-order valence-corrected chi connectivity index (χ1v) is 13.7. The molecule has 0 aliphatic rings. The number of anilines is 1. The molecule has 3 aromatic rings. The summed E-state index contributed by atoms with van der Waals surface area (Å²) >= 11 is 6.07. The van der Waals surface area contributed by atoms with Gasteiger partial charge in [-0.05, 0) is 49.4 Å². The summed E-state index contributed by atoms with van der Waals surface area (Å²) in [7, 11) is 2.79. The van der Waals surface area contributed by atoms with Crippen LogP contribution in [-0.2, 0) is 14.6 Å². The van der Waals surface area contributed by atoms with Gasteiger partial charge in [-0.15, -0.1) is 5.11 Å². The Hall–Kier alpha value is -3.62. The second-order valence-corrected chi connectivity index (χ2v) is 10.7. The number of rotatable bonds is 11. The molecule has 0 fully saturated rings. The summed E-state index contributed by atoms with van der Waals surface area (Å²) in [4.78, 5) is 12.5. The van der Waals surface area contributed by atoms with Gasteiger partial charge in [0, 0.05) is 36.5 Å². The highest BCUT2D eigenvalue weighted by atomic mass is 35.5. The number of nitro groups is 1. The quantitative estimate of drug-likeness (QED) is 0.0670. The minimum Gasteiger partial charge on any atom is -0.726 e. The van der Waals surface area contributed by atoms with Gasteiger partial charge in [-0.25, -0.2) is 8.42 Å². The van der Waals surface area contributed by atoms with Crippen LogP contribution in [-0.4, -0.2) is 65.8 Å². The maximum atomic E-state index is 10.8. The van der Waals surface area contributed by atoms with E-state index in [0.29, 0.717) is 18.0 Å². The van der Waals surface area contributed by atoms with Crippen molar-refractivity contribution in [2.75, 3.05) is 52.8 Å². The van der Waals surface area contributed by atoms with Gasteiger partial charge < -0.3 is 14.2 Å². The number of quaternary nitrogens is 1. The third-order valence-electron chi connectivity index (χ3n) is 5.46. The first kappa shape index (κ1) is 32.6. The lowest BCUT2D eigenvalue weighted by molar-refractivity contribution is -0.384. The van der Waals surface area contributed by atoms with Gasteiger partial charge in [0.05, 0.1) is 50.4 Å². The van der Waals surface area contributed by atoms with Gasteiger partial charge in [-0.2, -0.15) is 5.11 Å². The van der Waals surface area contributed by atoms with Crippen molar-refractivity contribution in [3.05, 3.63) is 81.9 Å². The lowest BCUT2D eigenvalue weighted by Crippen LogP contribution is -2.34. The number of nitrogens with zero attached hydrogens (tertiary/aromatic N) is 5. The van der Waals surface area contributed by atoms with E-state index in [4.69, 9.17) is 16.3 Å². The lowest BCUT2D eigenvalue weighted by Gasteiger charge is -2.24. The summed E-state index contributed by atoms with van der Waals surface area (Å²) in [6.07, 6.45) is 0. The standard InChI is InChI=1S/C25H29ClN5O3.CH4O4S/c1-5-29(16-17-34-23-13-11-22(12-14-23)31(2,3)4)20-8-6-19(7-9-20)27-28-25-15-10-21(30(32)33)18-24(25)26;1-5-6(2,3)4/h6-15,18H,5,16-17H2,1-4H3;1H3,(H,2,3,4)/q+1;/p-1. The molecule has 0 saturated carbocycles. The van der Waals surface area contributed by atoms with E-state index in [0.717, 1.165) is 36.1 Å². The zero-order valence-electron chi connectivity index (χ0n) is 22.9. The number of benzene rings is 3. The van der Waals surface area contributed by atoms with E-state index >= 15 is 0 Å². The summed E-state index contributed by atoms with van der Waals surface area (Å²) in [5, 5.41) is 19.3. The molecule has 0 saturated heterocycles. The summed E-state index contributed by atoms with van der Waals surface area (Å²) < 4.78 is 37.7. The SMILES string of the molecule is CCN(CCOc1ccc([N+](C)(C)C)cc1)c1ccc(N=Nc2ccc([N+](=O)[O-])cc2Cl)cc1.COS(=O)(=O)[O-]. The van der Waals surface area contributed by atoms with Crippen molar-refractivity contribution in [2.45, 2.75) is 6.92 Å². The van der Waals surface area contributed by atoms with E-state index in [-0.39, 0.29) is 10.7 Å². The van der Waals surface area contributed by atoms with Crippen LogP contribution >= 0.6 is 11.6 Å². The Morgan fingerprint density at radius 1 is 1.00 bits per heavy atom. The highest BCUT2D eigenvalue weighted by Gasteiger charge is 2.12. The molecule has 12 nitrogen and oxygen atoms in total. The summed E-state index contributed by atoms with van der Waals surface area (Å²) in [5.41, 5.74) is 3.22. The van der Waals surface area contributed by atoms with E-state index in [1.54, 1.807) is 0 Å². The number of azo groups is 1. The fourth-order valence-corrected chi connectivity index (χ4v) is 3.48. The van der Waals surface area contributed by atoms with Gasteiger partial charge in [0.1, 0.15) is 23.7 Å². The molecule has 40 heavy (non-hydrogen) atoms. The van der Waals surface area contributed by atoms with Crippen molar-refractivity contribution in [1.82, 2.24) is 4.48 Å². The van der Waals surface area contributed by atoms with Crippen LogP contribution in [0.5, 0.6) is 5.75 Å². The number of halogens is 1. The van der Waals surface area contributed by atoms with Crippen molar-refractivity contribution >= 4 is 50.4 Å². The van der Waals surface area contributed by atoms with Crippen LogP contribution in [0, 0.1) is 10.1 Å². The van der Waals surface area contributed by atoms with Crippen LogP contribution in [0.2, 0.25) is 5.02 Å². The average Bonchev–Trinajstić information content (AvgIpc) is 2.90. The van der Waals surface area contributed by atoms with E-state index in [2.05, 4.69) is 59.5 Å². The second kappa shape index (κ2) is 14.7. The Labute approximate surface area is 239 Å². The van der Waals surface area contributed by atoms with Crippen molar-refractivity contribution < 1.29 is 26.8 Å². The fraction of sp³-hybridized carbons (Fsp3) is 0.308. The van der Waals surface area contributed by atoms with Crippen LogP contribution in [0.3, 0.4) is 0 Å². The van der Waals surface area contributed by atoms with Crippen molar-refractivity contribution in [1.29, 1.82) is 0 Å². The zero-order valence-corrected chi connectivity index (χ0v) is 24.4. The second-order valence-electron chi connectivity index (χ2n) is 9.12. The predicted molar refractivity (Wildman–Crippen MR) is 155 cm³/mol. The molecule has 0 unspecified atom stereocenters. The monoisotopic (exact) mass is 593 g/mol. The normalized spacial score (nSPS) is 11.6. The molecule has 3 rings (SSSR count). The third-order valence-corrected chi connectivity index (χ3v) is 6.17. The van der Waals surface area contributed by atoms with E-state index in [1.165, 1.54) is 23.9 Å². The van der Waals surface area contributed by atoms with E-state index in [1.807, 2.05) is 36.4 Å². The minimum atomic E-state index is -4.41. The molecule has 0 radical (unpaired) electrons. The maximum Gasteiger partial charge on any atom is 0.271 e. The summed E-state index contributed by atoms with van der Waals surface area (Å²) in [6.45, 7) is 4.24.